The zero-order valence-corrected chi connectivity index (χ0v) is 10.3. The van der Waals surface area contributed by atoms with E-state index in [0.717, 1.165) is 5.69 Å². The van der Waals surface area contributed by atoms with Crippen LogP contribution in [0.4, 0.5) is 5.69 Å². The molecule has 0 N–H and O–H groups in total. The Hall–Kier alpha value is -0.510. The first-order valence-corrected chi connectivity index (χ1v) is 5.40. The second-order valence-corrected chi connectivity index (χ2v) is 4.28. The molecule has 1 heterocycles. The fourth-order valence-corrected chi connectivity index (χ4v) is 1.90. The van der Waals surface area contributed by atoms with Gasteiger partial charge in [-0.1, -0.05) is 11.6 Å². The number of anilines is 1. The van der Waals surface area contributed by atoms with Gasteiger partial charge in [0.25, 0.3) is 0 Å². The van der Waals surface area contributed by atoms with E-state index in [0.29, 0.717) is 18.2 Å². The molecule has 0 aliphatic rings. The molecule has 0 saturated carbocycles. The van der Waals surface area contributed by atoms with Crippen molar-refractivity contribution in [2.45, 2.75) is 5.38 Å². The number of nitrogens with zero attached hydrogens (tertiary/aromatic N) is 2. The standard InChI is InChI=1S/C10H14Cl2N2O/c1-14(6-8(11)7-15-2)10-3-4-13-5-9(10)12/h3-5,8H,6-7H2,1-2H3. The molecule has 0 spiro atoms. The van der Waals surface area contributed by atoms with Crippen molar-refractivity contribution < 1.29 is 4.74 Å². The summed E-state index contributed by atoms with van der Waals surface area (Å²) in [7, 11) is 3.57. The van der Waals surface area contributed by atoms with Gasteiger partial charge in [0.15, 0.2) is 0 Å². The topological polar surface area (TPSA) is 25.4 Å². The van der Waals surface area contributed by atoms with Crippen molar-refractivity contribution in [2.75, 3.05) is 32.2 Å². The maximum atomic E-state index is 6.05. The number of rotatable bonds is 5. The molecule has 0 saturated heterocycles. The highest BCUT2D eigenvalue weighted by atomic mass is 35.5. The third kappa shape index (κ3) is 3.86. The summed E-state index contributed by atoms with van der Waals surface area (Å²) >= 11 is 12.1. The molecule has 84 valence electrons. The van der Waals surface area contributed by atoms with Crippen LogP contribution in [0, 0.1) is 0 Å². The van der Waals surface area contributed by atoms with Gasteiger partial charge in [0.2, 0.25) is 0 Å². The summed E-state index contributed by atoms with van der Waals surface area (Å²) in [5.74, 6) is 0. The first-order chi connectivity index (χ1) is 7.15. The number of hydrogen-bond acceptors (Lipinski definition) is 3. The van der Waals surface area contributed by atoms with Gasteiger partial charge < -0.3 is 9.64 Å². The van der Waals surface area contributed by atoms with Crippen LogP contribution in [0.5, 0.6) is 0 Å². The Labute approximate surface area is 100.0 Å². The highest BCUT2D eigenvalue weighted by Gasteiger charge is 2.11. The monoisotopic (exact) mass is 248 g/mol. The lowest BCUT2D eigenvalue weighted by Crippen LogP contribution is -2.28. The summed E-state index contributed by atoms with van der Waals surface area (Å²) in [6.45, 7) is 1.20. The number of hydrogen-bond donors (Lipinski definition) is 0. The number of ether oxygens (including phenoxy) is 1. The van der Waals surface area contributed by atoms with Crippen LogP contribution in [0.3, 0.4) is 0 Å². The Kier molecular flexibility index (Phi) is 5.15. The van der Waals surface area contributed by atoms with E-state index in [1.165, 1.54) is 0 Å². The third-order valence-electron chi connectivity index (χ3n) is 1.98. The lowest BCUT2D eigenvalue weighted by atomic mass is 10.3. The quantitative estimate of drug-likeness (QED) is 0.749. The summed E-state index contributed by atoms with van der Waals surface area (Å²) in [4.78, 5) is 5.91. The summed E-state index contributed by atoms with van der Waals surface area (Å²) in [6.07, 6.45) is 3.32. The Morgan fingerprint density at radius 1 is 1.60 bits per heavy atom. The van der Waals surface area contributed by atoms with Crippen LogP contribution in [0.2, 0.25) is 5.02 Å². The molecular weight excluding hydrogens is 235 g/mol. The van der Waals surface area contributed by atoms with Crippen LogP contribution in [-0.2, 0) is 4.74 Å². The Morgan fingerprint density at radius 3 is 2.93 bits per heavy atom. The van der Waals surface area contributed by atoms with Gasteiger partial charge in [-0.25, -0.2) is 0 Å². The average molecular weight is 249 g/mol. The fourth-order valence-electron chi connectivity index (χ4n) is 1.31. The van der Waals surface area contributed by atoms with Crippen LogP contribution < -0.4 is 4.90 Å². The SMILES string of the molecule is COCC(Cl)CN(C)c1ccncc1Cl. The van der Waals surface area contributed by atoms with Crippen molar-refractivity contribution in [3.63, 3.8) is 0 Å². The Morgan fingerprint density at radius 2 is 2.33 bits per heavy atom. The second-order valence-electron chi connectivity index (χ2n) is 3.26. The molecule has 0 radical (unpaired) electrons. The van der Waals surface area contributed by atoms with E-state index in [4.69, 9.17) is 27.9 Å². The van der Waals surface area contributed by atoms with E-state index in [-0.39, 0.29) is 5.38 Å². The van der Waals surface area contributed by atoms with Crippen molar-refractivity contribution in [3.8, 4) is 0 Å². The minimum atomic E-state index is -0.0516. The molecule has 15 heavy (non-hydrogen) atoms. The minimum Gasteiger partial charge on any atom is -0.383 e. The molecule has 0 amide bonds. The summed E-state index contributed by atoms with van der Waals surface area (Å²) in [6, 6.07) is 1.86. The lowest BCUT2D eigenvalue weighted by Gasteiger charge is -2.22. The first-order valence-electron chi connectivity index (χ1n) is 4.58. The van der Waals surface area contributed by atoms with Gasteiger partial charge in [0, 0.05) is 33.1 Å². The molecule has 3 nitrogen and oxygen atoms in total. The second kappa shape index (κ2) is 6.16. The molecule has 0 aliphatic carbocycles. The van der Waals surface area contributed by atoms with Gasteiger partial charge in [-0.2, -0.15) is 0 Å². The number of halogens is 2. The van der Waals surface area contributed by atoms with Gasteiger partial charge in [-0.3, -0.25) is 4.98 Å². The van der Waals surface area contributed by atoms with Gasteiger partial charge in [0.05, 0.1) is 22.7 Å². The average Bonchev–Trinajstić information content (AvgIpc) is 2.18. The smallest absolute Gasteiger partial charge is 0.0822 e. The normalized spacial score (nSPS) is 12.5. The molecular formula is C10H14Cl2N2O. The maximum absolute atomic E-state index is 6.05. The van der Waals surface area contributed by atoms with Crippen molar-refractivity contribution in [1.82, 2.24) is 4.98 Å². The number of methoxy groups -OCH3 is 1. The maximum Gasteiger partial charge on any atom is 0.0822 e. The van der Waals surface area contributed by atoms with E-state index < -0.39 is 0 Å². The van der Waals surface area contributed by atoms with Gasteiger partial charge >= 0.3 is 0 Å². The molecule has 0 bridgehead atoms. The minimum absolute atomic E-state index is 0.0516. The van der Waals surface area contributed by atoms with Crippen LogP contribution in [0.1, 0.15) is 0 Å². The predicted molar refractivity (Wildman–Crippen MR) is 64.0 cm³/mol. The molecule has 1 aromatic heterocycles. The third-order valence-corrected chi connectivity index (χ3v) is 2.54. The van der Waals surface area contributed by atoms with Crippen LogP contribution in [0.15, 0.2) is 18.5 Å². The zero-order valence-electron chi connectivity index (χ0n) is 8.78. The number of aromatic nitrogens is 1. The molecule has 1 unspecified atom stereocenters. The summed E-state index contributed by atoms with van der Waals surface area (Å²) in [5.41, 5.74) is 0.924. The number of pyridine rings is 1. The molecule has 0 aliphatic heterocycles. The lowest BCUT2D eigenvalue weighted by molar-refractivity contribution is 0.199. The van der Waals surface area contributed by atoms with Crippen LogP contribution in [-0.4, -0.2) is 37.7 Å². The van der Waals surface area contributed by atoms with E-state index >= 15 is 0 Å². The van der Waals surface area contributed by atoms with E-state index in [9.17, 15) is 0 Å². The first kappa shape index (κ1) is 12.6. The van der Waals surface area contributed by atoms with Gasteiger partial charge in [-0.15, -0.1) is 11.6 Å². The fraction of sp³-hybridized carbons (Fsp3) is 0.500. The Bertz CT molecular complexity index is 309. The van der Waals surface area contributed by atoms with Crippen molar-refractivity contribution in [1.29, 1.82) is 0 Å². The predicted octanol–water partition coefficient (Wildman–Crippen LogP) is 2.43. The Balaban J connectivity index is 2.61. The van der Waals surface area contributed by atoms with Gasteiger partial charge in [0.1, 0.15) is 0 Å². The van der Waals surface area contributed by atoms with Crippen LogP contribution in [0.25, 0.3) is 0 Å². The number of alkyl halides is 1. The van der Waals surface area contributed by atoms with E-state index in [1.807, 2.05) is 18.0 Å². The van der Waals surface area contributed by atoms with E-state index in [1.54, 1.807) is 19.5 Å². The van der Waals surface area contributed by atoms with Crippen molar-refractivity contribution in [2.24, 2.45) is 0 Å². The largest absolute Gasteiger partial charge is 0.383 e. The van der Waals surface area contributed by atoms with Crippen molar-refractivity contribution >= 4 is 28.9 Å². The zero-order chi connectivity index (χ0) is 11.3. The van der Waals surface area contributed by atoms with E-state index in [2.05, 4.69) is 4.98 Å². The van der Waals surface area contributed by atoms with Crippen molar-refractivity contribution in [3.05, 3.63) is 23.5 Å². The molecule has 1 rings (SSSR count). The summed E-state index contributed by atoms with van der Waals surface area (Å²) < 4.78 is 4.97. The molecule has 5 heteroatoms. The summed E-state index contributed by atoms with van der Waals surface area (Å²) in [5, 5.41) is 0.575. The molecule has 0 fully saturated rings. The molecule has 1 atom stereocenters. The molecule has 0 aromatic carbocycles. The van der Waals surface area contributed by atoms with Gasteiger partial charge in [-0.05, 0) is 6.07 Å². The highest BCUT2D eigenvalue weighted by molar-refractivity contribution is 6.33. The van der Waals surface area contributed by atoms with Crippen LogP contribution >= 0.6 is 23.2 Å². The highest BCUT2D eigenvalue weighted by Crippen LogP contribution is 2.23. The molecule has 1 aromatic rings.